The Bertz CT molecular complexity index is 395. The molecule has 18 heavy (non-hydrogen) atoms. The Morgan fingerprint density at radius 1 is 1.44 bits per heavy atom. The van der Waals surface area contributed by atoms with Gasteiger partial charge in [-0.25, -0.2) is 0 Å². The number of aliphatic hydroxyl groups excluding tert-OH is 1. The molecule has 1 saturated heterocycles. The lowest BCUT2D eigenvalue weighted by atomic mass is 10.1. The molecule has 100 valence electrons. The Morgan fingerprint density at radius 2 is 2.17 bits per heavy atom. The second kappa shape index (κ2) is 6.38. The summed E-state index contributed by atoms with van der Waals surface area (Å²) < 4.78 is 5.09. The maximum atomic E-state index is 10.2. The molecule has 1 unspecified atom stereocenters. The van der Waals surface area contributed by atoms with Gasteiger partial charge in [-0.15, -0.1) is 0 Å². The summed E-state index contributed by atoms with van der Waals surface area (Å²) in [5, 5.41) is 14.1. The van der Waals surface area contributed by atoms with E-state index in [0.717, 1.165) is 31.7 Å². The number of ether oxygens (including phenoxy) is 1. The largest absolute Gasteiger partial charge is 0.497 e. The fourth-order valence-corrected chi connectivity index (χ4v) is 2.44. The van der Waals surface area contributed by atoms with E-state index in [1.165, 1.54) is 0 Å². The molecular weight excluding hydrogens is 252 g/mol. The number of piperazine rings is 1. The van der Waals surface area contributed by atoms with Crippen LogP contribution in [0.25, 0.3) is 0 Å². The van der Waals surface area contributed by atoms with Gasteiger partial charge in [0, 0.05) is 38.3 Å². The second-order valence-electron chi connectivity index (χ2n) is 4.45. The van der Waals surface area contributed by atoms with Crippen LogP contribution in [0.4, 0.5) is 0 Å². The van der Waals surface area contributed by atoms with Crippen LogP contribution < -0.4 is 10.1 Å². The molecular formula is C13H19ClN2O2. The highest BCUT2D eigenvalue weighted by atomic mass is 35.5. The van der Waals surface area contributed by atoms with Gasteiger partial charge in [0.1, 0.15) is 5.75 Å². The van der Waals surface area contributed by atoms with Gasteiger partial charge in [-0.3, -0.25) is 4.90 Å². The summed E-state index contributed by atoms with van der Waals surface area (Å²) in [5.41, 5.74) is 0.760. The van der Waals surface area contributed by atoms with E-state index in [-0.39, 0.29) is 0 Å². The monoisotopic (exact) mass is 270 g/mol. The molecule has 1 heterocycles. The first-order chi connectivity index (χ1) is 8.70. The van der Waals surface area contributed by atoms with Crippen molar-refractivity contribution in [2.75, 3.05) is 39.8 Å². The average Bonchev–Trinajstić information content (AvgIpc) is 2.39. The Kier molecular flexibility index (Phi) is 4.83. The second-order valence-corrected chi connectivity index (χ2v) is 4.86. The molecule has 0 amide bonds. The van der Waals surface area contributed by atoms with Crippen molar-refractivity contribution in [3.63, 3.8) is 0 Å². The summed E-state index contributed by atoms with van der Waals surface area (Å²) in [6.07, 6.45) is -0.554. The van der Waals surface area contributed by atoms with Crippen molar-refractivity contribution in [2.24, 2.45) is 0 Å². The highest BCUT2D eigenvalue weighted by Gasteiger charge is 2.17. The highest BCUT2D eigenvalue weighted by Crippen LogP contribution is 2.27. The summed E-state index contributed by atoms with van der Waals surface area (Å²) in [7, 11) is 1.60. The molecule has 1 fully saturated rings. The number of benzene rings is 1. The zero-order valence-corrected chi connectivity index (χ0v) is 11.3. The topological polar surface area (TPSA) is 44.7 Å². The molecule has 4 nitrogen and oxygen atoms in total. The normalized spacial score (nSPS) is 18.6. The van der Waals surface area contributed by atoms with Crippen molar-refractivity contribution in [3.8, 4) is 5.75 Å². The molecule has 2 rings (SSSR count). The lowest BCUT2D eigenvalue weighted by molar-refractivity contribution is 0.105. The molecule has 1 aliphatic heterocycles. The third-order valence-electron chi connectivity index (χ3n) is 3.21. The highest BCUT2D eigenvalue weighted by molar-refractivity contribution is 6.31. The van der Waals surface area contributed by atoms with Crippen LogP contribution in [0.3, 0.4) is 0 Å². The van der Waals surface area contributed by atoms with Gasteiger partial charge in [-0.2, -0.15) is 0 Å². The molecule has 0 saturated carbocycles. The molecule has 5 heteroatoms. The van der Waals surface area contributed by atoms with Gasteiger partial charge < -0.3 is 15.2 Å². The zero-order valence-electron chi connectivity index (χ0n) is 10.5. The molecule has 1 atom stereocenters. The smallest absolute Gasteiger partial charge is 0.120 e. The molecule has 2 N–H and O–H groups in total. The van der Waals surface area contributed by atoms with Gasteiger partial charge >= 0.3 is 0 Å². The van der Waals surface area contributed by atoms with Crippen LogP contribution in [0.15, 0.2) is 18.2 Å². The van der Waals surface area contributed by atoms with E-state index in [9.17, 15) is 5.11 Å². The van der Waals surface area contributed by atoms with Gasteiger partial charge in [-0.1, -0.05) is 17.7 Å². The predicted molar refractivity (Wildman–Crippen MR) is 72.3 cm³/mol. The fourth-order valence-electron chi connectivity index (χ4n) is 2.14. The zero-order chi connectivity index (χ0) is 13.0. The number of nitrogens with one attached hydrogen (secondary N) is 1. The van der Waals surface area contributed by atoms with E-state index in [4.69, 9.17) is 16.3 Å². The van der Waals surface area contributed by atoms with Crippen LogP contribution in [-0.4, -0.2) is 49.8 Å². The number of hydrogen-bond donors (Lipinski definition) is 2. The van der Waals surface area contributed by atoms with Gasteiger partial charge in [0.25, 0.3) is 0 Å². The van der Waals surface area contributed by atoms with E-state index in [1.54, 1.807) is 13.2 Å². The number of hydrogen-bond acceptors (Lipinski definition) is 4. The van der Waals surface area contributed by atoms with Gasteiger partial charge in [0.15, 0.2) is 0 Å². The molecule has 0 spiro atoms. The lowest BCUT2D eigenvalue weighted by Gasteiger charge is -2.29. The van der Waals surface area contributed by atoms with Crippen molar-refractivity contribution < 1.29 is 9.84 Å². The predicted octanol–water partition coefficient (Wildman–Crippen LogP) is 1.29. The third kappa shape index (κ3) is 3.36. The van der Waals surface area contributed by atoms with E-state index in [0.29, 0.717) is 17.3 Å². The molecule has 0 aliphatic carbocycles. The minimum atomic E-state index is -0.554. The summed E-state index contributed by atoms with van der Waals surface area (Å²) >= 11 is 6.15. The first-order valence-electron chi connectivity index (χ1n) is 6.15. The van der Waals surface area contributed by atoms with Crippen LogP contribution in [0.5, 0.6) is 5.75 Å². The van der Waals surface area contributed by atoms with Crippen LogP contribution in [0.1, 0.15) is 11.7 Å². The molecule has 1 aromatic rings. The Hall–Kier alpha value is -0.810. The number of rotatable bonds is 4. The first kappa shape index (κ1) is 13.6. The van der Waals surface area contributed by atoms with E-state index < -0.39 is 6.10 Å². The van der Waals surface area contributed by atoms with Crippen LogP contribution in [0, 0.1) is 0 Å². The third-order valence-corrected chi connectivity index (χ3v) is 3.53. The van der Waals surface area contributed by atoms with Crippen molar-refractivity contribution >= 4 is 11.6 Å². The SMILES string of the molecule is COc1ccc(C(O)CN2CCNCC2)c(Cl)c1. The minimum Gasteiger partial charge on any atom is -0.497 e. The van der Waals surface area contributed by atoms with E-state index in [1.807, 2.05) is 12.1 Å². The van der Waals surface area contributed by atoms with Crippen LogP contribution >= 0.6 is 11.6 Å². The van der Waals surface area contributed by atoms with E-state index in [2.05, 4.69) is 10.2 Å². The van der Waals surface area contributed by atoms with Crippen molar-refractivity contribution in [3.05, 3.63) is 28.8 Å². The number of methoxy groups -OCH3 is 1. The van der Waals surface area contributed by atoms with Gasteiger partial charge in [0.05, 0.1) is 18.2 Å². The van der Waals surface area contributed by atoms with Crippen molar-refractivity contribution in [2.45, 2.75) is 6.10 Å². The summed E-state index contributed by atoms with van der Waals surface area (Å²) in [6.45, 7) is 4.50. The van der Waals surface area contributed by atoms with E-state index >= 15 is 0 Å². The van der Waals surface area contributed by atoms with Gasteiger partial charge in [-0.05, 0) is 12.1 Å². The summed E-state index contributed by atoms with van der Waals surface area (Å²) in [5.74, 6) is 0.707. The Labute approximate surface area is 113 Å². The molecule has 0 radical (unpaired) electrons. The number of nitrogens with zero attached hydrogens (tertiary/aromatic N) is 1. The number of halogens is 1. The summed E-state index contributed by atoms with van der Waals surface area (Å²) in [4.78, 5) is 2.24. The molecule has 1 aliphatic rings. The quantitative estimate of drug-likeness (QED) is 0.865. The van der Waals surface area contributed by atoms with Crippen LogP contribution in [0.2, 0.25) is 5.02 Å². The molecule has 0 aromatic heterocycles. The van der Waals surface area contributed by atoms with Crippen molar-refractivity contribution in [1.29, 1.82) is 0 Å². The Balaban J connectivity index is 2.01. The molecule has 1 aromatic carbocycles. The maximum absolute atomic E-state index is 10.2. The minimum absolute atomic E-state index is 0.553. The number of β-amino-alcohol motifs (C(OH)–C–C–N with tert-alkyl or cyclic N) is 1. The van der Waals surface area contributed by atoms with Crippen molar-refractivity contribution in [1.82, 2.24) is 10.2 Å². The van der Waals surface area contributed by atoms with Crippen LogP contribution in [-0.2, 0) is 0 Å². The Morgan fingerprint density at radius 3 is 2.78 bits per heavy atom. The lowest BCUT2D eigenvalue weighted by Crippen LogP contribution is -2.44. The molecule has 0 bridgehead atoms. The standard InChI is InChI=1S/C13H19ClN2O2/c1-18-10-2-3-11(12(14)8-10)13(17)9-16-6-4-15-5-7-16/h2-3,8,13,15,17H,4-7,9H2,1H3. The number of aliphatic hydroxyl groups is 1. The fraction of sp³-hybridized carbons (Fsp3) is 0.538. The first-order valence-corrected chi connectivity index (χ1v) is 6.53. The average molecular weight is 271 g/mol. The van der Waals surface area contributed by atoms with Gasteiger partial charge in [0.2, 0.25) is 0 Å². The maximum Gasteiger partial charge on any atom is 0.120 e. The summed E-state index contributed by atoms with van der Waals surface area (Å²) in [6, 6.07) is 5.38.